The normalized spacial score (nSPS) is 11.4. The number of nitrogens with zero attached hydrogens (tertiary/aromatic N) is 2. The summed E-state index contributed by atoms with van der Waals surface area (Å²) in [6.07, 6.45) is 3.73. The fourth-order valence-corrected chi connectivity index (χ4v) is 3.63. The molecule has 0 aliphatic heterocycles. The van der Waals surface area contributed by atoms with E-state index in [1.54, 1.807) is 0 Å². The van der Waals surface area contributed by atoms with Crippen LogP contribution in [0.15, 0.2) is 103 Å². The molecule has 0 saturated heterocycles. The van der Waals surface area contributed by atoms with Crippen LogP contribution < -0.4 is 5.73 Å². The molecular weight excluding hydrogens is 378 g/mol. The van der Waals surface area contributed by atoms with Crippen LogP contribution in [0.3, 0.4) is 0 Å². The highest BCUT2D eigenvalue weighted by molar-refractivity contribution is 5.95. The van der Waals surface area contributed by atoms with E-state index < -0.39 is 0 Å². The SMILES string of the molecule is C=Cc1ccc(-c2ccc(C=Nc3ccc4cc5ccc(N)cc5nc4c3)cc2)cc1. The molecule has 0 bridgehead atoms. The van der Waals surface area contributed by atoms with Gasteiger partial charge in [0.15, 0.2) is 0 Å². The summed E-state index contributed by atoms with van der Waals surface area (Å²) >= 11 is 0. The highest BCUT2D eigenvalue weighted by Crippen LogP contribution is 2.25. The van der Waals surface area contributed by atoms with E-state index in [1.807, 2.05) is 42.6 Å². The number of aliphatic imine (C=N–C) groups is 1. The van der Waals surface area contributed by atoms with Gasteiger partial charge in [-0.1, -0.05) is 73.3 Å². The van der Waals surface area contributed by atoms with Crippen LogP contribution >= 0.6 is 0 Å². The van der Waals surface area contributed by atoms with Crippen molar-refractivity contribution in [1.29, 1.82) is 0 Å². The highest BCUT2D eigenvalue weighted by atomic mass is 14.7. The number of anilines is 1. The first kappa shape index (κ1) is 18.8. The first-order chi connectivity index (χ1) is 15.2. The van der Waals surface area contributed by atoms with Gasteiger partial charge in [-0.15, -0.1) is 0 Å². The van der Waals surface area contributed by atoms with Crippen molar-refractivity contribution in [2.45, 2.75) is 0 Å². The third-order valence-electron chi connectivity index (χ3n) is 5.37. The van der Waals surface area contributed by atoms with E-state index >= 15 is 0 Å². The Kier molecular flexibility index (Phi) is 4.77. The number of rotatable bonds is 4. The van der Waals surface area contributed by atoms with Crippen molar-refractivity contribution < 1.29 is 0 Å². The Labute approximate surface area is 181 Å². The van der Waals surface area contributed by atoms with Gasteiger partial charge in [0.1, 0.15) is 0 Å². The Morgan fingerprint density at radius 1 is 0.677 bits per heavy atom. The molecule has 0 aliphatic carbocycles. The van der Waals surface area contributed by atoms with Gasteiger partial charge < -0.3 is 5.73 Å². The van der Waals surface area contributed by atoms with Gasteiger partial charge in [-0.05, 0) is 52.6 Å². The third-order valence-corrected chi connectivity index (χ3v) is 5.37. The number of aromatic nitrogens is 1. The van der Waals surface area contributed by atoms with E-state index in [0.29, 0.717) is 5.69 Å². The molecule has 5 aromatic rings. The fraction of sp³-hybridized carbons (Fsp3) is 0. The predicted octanol–water partition coefficient (Wildman–Crippen LogP) is 7.03. The lowest BCUT2D eigenvalue weighted by atomic mass is 10.0. The summed E-state index contributed by atoms with van der Waals surface area (Å²) in [5.74, 6) is 0. The third kappa shape index (κ3) is 3.94. The van der Waals surface area contributed by atoms with E-state index in [1.165, 1.54) is 11.1 Å². The number of fused-ring (bicyclic) bond motifs is 2. The smallest absolute Gasteiger partial charge is 0.0731 e. The van der Waals surface area contributed by atoms with Crippen LogP contribution in [-0.2, 0) is 0 Å². The lowest BCUT2D eigenvalue weighted by Crippen LogP contribution is -1.87. The summed E-state index contributed by atoms with van der Waals surface area (Å²) in [4.78, 5) is 9.40. The number of pyridine rings is 1. The second-order valence-electron chi connectivity index (χ2n) is 7.52. The summed E-state index contributed by atoms with van der Waals surface area (Å²) < 4.78 is 0. The van der Waals surface area contributed by atoms with E-state index in [0.717, 1.165) is 38.6 Å². The molecule has 31 heavy (non-hydrogen) atoms. The van der Waals surface area contributed by atoms with Gasteiger partial charge in [0.25, 0.3) is 0 Å². The molecule has 1 heterocycles. The van der Waals surface area contributed by atoms with Crippen LogP contribution in [-0.4, -0.2) is 11.2 Å². The van der Waals surface area contributed by atoms with Crippen LogP contribution in [0.2, 0.25) is 0 Å². The molecule has 3 heteroatoms. The topological polar surface area (TPSA) is 51.3 Å². The minimum absolute atomic E-state index is 0.716. The van der Waals surface area contributed by atoms with E-state index in [4.69, 9.17) is 10.7 Å². The average molecular weight is 399 g/mol. The Balaban J connectivity index is 1.39. The van der Waals surface area contributed by atoms with Crippen molar-refractivity contribution >= 4 is 45.5 Å². The minimum Gasteiger partial charge on any atom is -0.399 e. The first-order valence-electron chi connectivity index (χ1n) is 10.1. The molecule has 0 spiro atoms. The molecule has 148 valence electrons. The first-order valence-corrected chi connectivity index (χ1v) is 10.1. The molecule has 0 unspecified atom stereocenters. The molecule has 0 atom stereocenters. The van der Waals surface area contributed by atoms with Crippen LogP contribution in [0.25, 0.3) is 39.0 Å². The van der Waals surface area contributed by atoms with Crippen LogP contribution in [0, 0.1) is 0 Å². The lowest BCUT2D eigenvalue weighted by Gasteiger charge is -2.04. The molecule has 0 amide bonds. The summed E-state index contributed by atoms with van der Waals surface area (Å²) in [7, 11) is 0. The van der Waals surface area contributed by atoms with Gasteiger partial charge in [0.05, 0.1) is 16.7 Å². The quantitative estimate of drug-likeness (QED) is 0.200. The summed E-state index contributed by atoms with van der Waals surface area (Å²) in [5.41, 5.74) is 13.8. The zero-order chi connectivity index (χ0) is 21.2. The number of nitrogens with two attached hydrogens (primary N) is 1. The molecule has 0 fully saturated rings. The largest absolute Gasteiger partial charge is 0.399 e. The van der Waals surface area contributed by atoms with Crippen LogP contribution in [0.1, 0.15) is 11.1 Å². The Bertz CT molecular complexity index is 1430. The molecular formula is C28H21N3. The number of hydrogen-bond donors (Lipinski definition) is 1. The Morgan fingerprint density at radius 3 is 1.97 bits per heavy atom. The lowest BCUT2D eigenvalue weighted by molar-refractivity contribution is 1.47. The number of benzene rings is 4. The van der Waals surface area contributed by atoms with E-state index in [9.17, 15) is 0 Å². The molecule has 5 rings (SSSR count). The van der Waals surface area contributed by atoms with Crippen LogP contribution in [0.5, 0.6) is 0 Å². The van der Waals surface area contributed by atoms with Crippen molar-refractivity contribution in [3.05, 3.63) is 109 Å². The van der Waals surface area contributed by atoms with Crippen LogP contribution in [0.4, 0.5) is 11.4 Å². The molecule has 4 aromatic carbocycles. The van der Waals surface area contributed by atoms with E-state index in [-0.39, 0.29) is 0 Å². The summed E-state index contributed by atoms with van der Waals surface area (Å²) in [6.45, 7) is 3.80. The molecule has 2 N–H and O–H groups in total. The van der Waals surface area contributed by atoms with Crippen molar-refractivity contribution in [2.24, 2.45) is 4.99 Å². The molecule has 3 nitrogen and oxygen atoms in total. The highest BCUT2D eigenvalue weighted by Gasteiger charge is 2.02. The fourth-order valence-electron chi connectivity index (χ4n) is 3.63. The van der Waals surface area contributed by atoms with Gasteiger partial charge in [-0.3, -0.25) is 4.99 Å². The van der Waals surface area contributed by atoms with Gasteiger partial charge in [-0.25, -0.2) is 4.98 Å². The zero-order valence-corrected chi connectivity index (χ0v) is 17.0. The van der Waals surface area contributed by atoms with Gasteiger partial charge in [0, 0.05) is 22.7 Å². The average Bonchev–Trinajstić information content (AvgIpc) is 2.82. The predicted molar refractivity (Wildman–Crippen MR) is 133 cm³/mol. The van der Waals surface area contributed by atoms with Crippen molar-refractivity contribution in [2.75, 3.05) is 5.73 Å². The van der Waals surface area contributed by atoms with Gasteiger partial charge in [-0.2, -0.15) is 0 Å². The molecule has 0 aliphatic rings. The zero-order valence-electron chi connectivity index (χ0n) is 17.0. The molecule has 0 saturated carbocycles. The standard InChI is InChI=1S/C28H21N3/c1-2-19-3-7-21(8-4-19)22-9-5-20(6-10-22)18-30-26-14-12-24-15-23-11-13-25(29)16-27(23)31-28(24)17-26/h2-18H,1,29H2. The second-order valence-corrected chi connectivity index (χ2v) is 7.52. The van der Waals surface area contributed by atoms with Gasteiger partial charge >= 0.3 is 0 Å². The van der Waals surface area contributed by atoms with Crippen molar-refractivity contribution in [1.82, 2.24) is 4.98 Å². The maximum atomic E-state index is 5.90. The van der Waals surface area contributed by atoms with E-state index in [2.05, 4.69) is 72.2 Å². The van der Waals surface area contributed by atoms with Gasteiger partial charge in [0.2, 0.25) is 0 Å². The summed E-state index contributed by atoms with van der Waals surface area (Å²) in [6, 6.07) is 30.8. The monoisotopic (exact) mass is 399 g/mol. The second kappa shape index (κ2) is 7.88. The maximum absolute atomic E-state index is 5.90. The minimum atomic E-state index is 0.716. The Morgan fingerprint density at radius 2 is 1.29 bits per heavy atom. The number of nitrogen functional groups attached to an aromatic ring is 1. The maximum Gasteiger partial charge on any atom is 0.0731 e. The molecule has 0 radical (unpaired) electrons. The van der Waals surface area contributed by atoms with Crippen molar-refractivity contribution in [3.63, 3.8) is 0 Å². The Hall–Kier alpha value is -4.24. The molecule has 1 aromatic heterocycles. The van der Waals surface area contributed by atoms with Crippen molar-refractivity contribution in [3.8, 4) is 11.1 Å². The number of hydrogen-bond acceptors (Lipinski definition) is 3. The summed E-state index contributed by atoms with van der Waals surface area (Å²) in [5, 5.41) is 2.17.